The highest BCUT2D eigenvalue weighted by Crippen LogP contribution is 2.40. The van der Waals surface area contributed by atoms with E-state index in [-0.39, 0.29) is 18.1 Å². The molecule has 2 unspecified atom stereocenters. The van der Waals surface area contributed by atoms with Crippen molar-refractivity contribution in [2.24, 2.45) is 0 Å². The van der Waals surface area contributed by atoms with Gasteiger partial charge in [0.15, 0.2) is 5.54 Å². The summed E-state index contributed by atoms with van der Waals surface area (Å²) in [5, 5.41) is 18.3. The molecule has 5 rings (SSSR count). The number of hydrogen-bond donors (Lipinski definition) is 3. The molecule has 0 radical (unpaired) electrons. The molecule has 0 bridgehead atoms. The minimum atomic E-state index is -1.37. The van der Waals surface area contributed by atoms with Crippen LogP contribution in [0.15, 0.2) is 59.0 Å². The highest BCUT2D eigenvalue weighted by molar-refractivity contribution is 6.07. The monoisotopic (exact) mass is 487 g/mol. The van der Waals surface area contributed by atoms with Gasteiger partial charge in [-0.2, -0.15) is 0 Å². The molecule has 0 aliphatic carbocycles. The van der Waals surface area contributed by atoms with Crippen LogP contribution in [-0.2, 0) is 16.9 Å². The molecule has 0 spiro atoms. The Morgan fingerprint density at radius 1 is 1.06 bits per heavy atom. The molecule has 3 aromatic carbocycles. The predicted molar refractivity (Wildman–Crippen MR) is 137 cm³/mol. The average Bonchev–Trinajstić information content (AvgIpc) is 3.38. The number of furan rings is 1. The van der Waals surface area contributed by atoms with Gasteiger partial charge in [-0.05, 0) is 79.3 Å². The van der Waals surface area contributed by atoms with Gasteiger partial charge >= 0.3 is 6.03 Å². The van der Waals surface area contributed by atoms with Crippen LogP contribution in [-0.4, -0.2) is 43.1 Å². The summed E-state index contributed by atoms with van der Waals surface area (Å²) in [7, 11) is 5.58. The number of nitrogens with one attached hydrogen (secondary N) is 2. The van der Waals surface area contributed by atoms with E-state index in [9.17, 15) is 14.7 Å². The van der Waals surface area contributed by atoms with Gasteiger partial charge in [-0.25, -0.2) is 4.79 Å². The zero-order chi connectivity index (χ0) is 25.6. The number of hydrogen-bond acceptors (Lipinski definition) is 6. The highest BCUT2D eigenvalue weighted by atomic mass is 16.5. The van der Waals surface area contributed by atoms with Gasteiger partial charge in [0.25, 0.3) is 5.91 Å². The van der Waals surface area contributed by atoms with Crippen LogP contribution >= 0.6 is 0 Å². The van der Waals surface area contributed by atoms with Gasteiger partial charge in [0, 0.05) is 17.3 Å². The third kappa shape index (κ3) is 4.13. The molecule has 2 heterocycles. The number of urea groups is 1. The lowest BCUT2D eigenvalue weighted by Crippen LogP contribution is -2.44. The fourth-order valence-corrected chi connectivity index (χ4v) is 5.00. The molecule has 1 aliphatic heterocycles. The molecular weight excluding hydrogens is 458 g/mol. The lowest BCUT2D eigenvalue weighted by atomic mass is 9.82. The molecule has 3 N–H and O–H groups in total. The highest BCUT2D eigenvalue weighted by Gasteiger charge is 2.51. The number of carbonyl (C=O) groups excluding carboxylic acids is 2. The van der Waals surface area contributed by atoms with E-state index in [4.69, 9.17) is 9.15 Å². The number of nitrogens with zero attached hydrogens (tertiary/aromatic N) is 1. The van der Waals surface area contributed by atoms with Crippen molar-refractivity contribution in [3.63, 3.8) is 0 Å². The zero-order valence-electron chi connectivity index (χ0n) is 20.7. The normalized spacial score (nSPS) is 18.6. The second kappa shape index (κ2) is 8.87. The first kappa shape index (κ1) is 23.7. The second-order valence-corrected chi connectivity index (χ2v) is 9.77. The maximum Gasteiger partial charge on any atom is 0.322 e. The largest absolute Gasteiger partial charge is 0.507 e. The minimum absolute atomic E-state index is 0.124. The Kier molecular flexibility index (Phi) is 5.84. The van der Waals surface area contributed by atoms with Crippen LogP contribution < -0.4 is 15.4 Å². The summed E-state index contributed by atoms with van der Waals surface area (Å²) in [6.45, 7) is 2.73. The molecule has 8 nitrogen and oxygen atoms in total. The third-order valence-electron chi connectivity index (χ3n) is 6.79. The Balaban J connectivity index is 1.53. The third-order valence-corrected chi connectivity index (χ3v) is 6.79. The first-order chi connectivity index (χ1) is 17.2. The van der Waals surface area contributed by atoms with Crippen molar-refractivity contribution in [2.45, 2.75) is 31.3 Å². The van der Waals surface area contributed by atoms with Gasteiger partial charge in [0.2, 0.25) is 0 Å². The summed E-state index contributed by atoms with van der Waals surface area (Å²) < 4.78 is 11.4. The maximum atomic E-state index is 13.2. The molecular formula is C28H29N3O5. The Bertz CT molecular complexity index is 1490. The summed E-state index contributed by atoms with van der Waals surface area (Å²) >= 11 is 0. The van der Waals surface area contributed by atoms with Gasteiger partial charge in [0.05, 0.1) is 7.11 Å². The number of amides is 3. The first-order valence-electron chi connectivity index (χ1n) is 11.8. The molecule has 1 aliphatic rings. The standard InChI is InChI=1S/C28H29N3O5/c1-16(19-10-18-6-7-21(35-4)13-22(18)23(32)11-19)14-28(26(33)29-27(34)30-28)25-12-20-9-17(15-31(2)3)5-8-24(20)36-25/h5-13,16,32H,14-15H2,1-4H3,(H2,29,30,33,34). The fraction of sp³-hybridized carbons (Fsp3) is 0.286. The Morgan fingerprint density at radius 2 is 1.86 bits per heavy atom. The van der Waals surface area contributed by atoms with Crippen LogP contribution in [0.4, 0.5) is 4.79 Å². The van der Waals surface area contributed by atoms with E-state index < -0.39 is 17.5 Å². The van der Waals surface area contributed by atoms with Crippen molar-refractivity contribution in [3.05, 3.63) is 71.5 Å². The predicted octanol–water partition coefficient (Wildman–Crippen LogP) is 4.59. The maximum absolute atomic E-state index is 13.2. The summed E-state index contributed by atoms with van der Waals surface area (Å²) in [4.78, 5) is 27.6. The van der Waals surface area contributed by atoms with Gasteiger partial charge < -0.3 is 24.5 Å². The average molecular weight is 488 g/mol. The number of rotatable bonds is 7. The molecule has 186 valence electrons. The van der Waals surface area contributed by atoms with E-state index in [2.05, 4.69) is 15.5 Å². The number of ether oxygens (including phenoxy) is 1. The van der Waals surface area contributed by atoms with E-state index in [0.29, 0.717) is 22.5 Å². The van der Waals surface area contributed by atoms with E-state index in [0.717, 1.165) is 28.4 Å². The molecule has 2 atom stereocenters. The van der Waals surface area contributed by atoms with Crippen LogP contribution in [0.25, 0.3) is 21.7 Å². The van der Waals surface area contributed by atoms with E-state index >= 15 is 0 Å². The number of imide groups is 1. The van der Waals surface area contributed by atoms with Gasteiger partial charge in [-0.1, -0.05) is 25.1 Å². The van der Waals surface area contributed by atoms with Crippen molar-refractivity contribution in [1.29, 1.82) is 0 Å². The second-order valence-electron chi connectivity index (χ2n) is 9.77. The minimum Gasteiger partial charge on any atom is -0.507 e. The number of fused-ring (bicyclic) bond motifs is 2. The molecule has 1 fully saturated rings. The van der Waals surface area contributed by atoms with Crippen molar-refractivity contribution >= 4 is 33.7 Å². The van der Waals surface area contributed by atoms with Crippen molar-refractivity contribution in [2.75, 3.05) is 21.2 Å². The topological polar surface area (TPSA) is 104 Å². The van der Waals surface area contributed by atoms with Crippen LogP contribution in [0.3, 0.4) is 0 Å². The van der Waals surface area contributed by atoms with E-state index in [1.54, 1.807) is 19.2 Å². The SMILES string of the molecule is COc1ccc2cc(C(C)CC3(c4cc5cc(CN(C)C)ccc5o4)NC(=O)NC3=O)cc(O)c2c1. The fourth-order valence-electron chi connectivity index (χ4n) is 5.00. The summed E-state index contributed by atoms with van der Waals surface area (Å²) in [5.41, 5.74) is 1.22. The number of carbonyl (C=O) groups is 2. The molecule has 1 saturated heterocycles. The van der Waals surface area contributed by atoms with Crippen LogP contribution in [0.1, 0.15) is 36.1 Å². The Labute approximate surface area is 208 Å². The smallest absolute Gasteiger partial charge is 0.322 e. The molecule has 36 heavy (non-hydrogen) atoms. The number of phenols is 1. The zero-order valence-corrected chi connectivity index (χ0v) is 20.7. The van der Waals surface area contributed by atoms with E-state index in [1.165, 1.54) is 0 Å². The number of benzene rings is 3. The number of aromatic hydroxyl groups is 1. The van der Waals surface area contributed by atoms with Gasteiger partial charge in [-0.3, -0.25) is 10.1 Å². The molecule has 1 aromatic heterocycles. The first-order valence-corrected chi connectivity index (χ1v) is 11.8. The summed E-state index contributed by atoms with van der Waals surface area (Å²) in [5.74, 6) is 0.496. The molecule has 4 aromatic rings. The Hall–Kier alpha value is -4.04. The van der Waals surface area contributed by atoms with Gasteiger partial charge in [-0.15, -0.1) is 0 Å². The number of methoxy groups -OCH3 is 1. The molecule has 0 saturated carbocycles. The van der Waals surface area contributed by atoms with Crippen LogP contribution in [0.5, 0.6) is 11.5 Å². The lowest BCUT2D eigenvalue weighted by Gasteiger charge is -2.27. The van der Waals surface area contributed by atoms with Gasteiger partial charge in [0.1, 0.15) is 22.8 Å². The molecule has 3 amide bonds. The summed E-state index contributed by atoms with van der Waals surface area (Å²) in [6.07, 6.45) is 0.246. The van der Waals surface area contributed by atoms with E-state index in [1.807, 2.05) is 63.5 Å². The van der Waals surface area contributed by atoms with Crippen LogP contribution in [0.2, 0.25) is 0 Å². The quantitative estimate of drug-likeness (QED) is 0.330. The lowest BCUT2D eigenvalue weighted by molar-refractivity contribution is -0.125. The van der Waals surface area contributed by atoms with Crippen molar-refractivity contribution in [3.8, 4) is 11.5 Å². The molecule has 8 heteroatoms. The van der Waals surface area contributed by atoms with Crippen molar-refractivity contribution < 1.29 is 23.8 Å². The number of phenolic OH excluding ortho intramolecular Hbond substituents is 1. The van der Waals surface area contributed by atoms with Crippen molar-refractivity contribution in [1.82, 2.24) is 15.5 Å². The Morgan fingerprint density at radius 3 is 2.56 bits per heavy atom. The van der Waals surface area contributed by atoms with Crippen LogP contribution in [0, 0.1) is 0 Å². The summed E-state index contributed by atoms with van der Waals surface area (Å²) in [6, 6.07) is 16.4.